The van der Waals surface area contributed by atoms with Crippen molar-refractivity contribution in [2.75, 3.05) is 49.7 Å². The zero-order chi connectivity index (χ0) is 22.5. The van der Waals surface area contributed by atoms with Gasteiger partial charge in [-0.25, -0.2) is 9.37 Å². The van der Waals surface area contributed by atoms with E-state index in [4.69, 9.17) is 14.8 Å². The van der Waals surface area contributed by atoms with Crippen LogP contribution >= 0.6 is 0 Å². The lowest BCUT2D eigenvalue weighted by Gasteiger charge is -2.28. The quantitative estimate of drug-likeness (QED) is 0.520. The first-order chi connectivity index (χ1) is 15.5. The van der Waals surface area contributed by atoms with Gasteiger partial charge in [-0.2, -0.15) is 0 Å². The van der Waals surface area contributed by atoms with Crippen LogP contribution in [0.1, 0.15) is 28.9 Å². The summed E-state index contributed by atoms with van der Waals surface area (Å²) >= 11 is 0. The van der Waals surface area contributed by atoms with E-state index in [-0.39, 0.29) is 30.9 Å². The number of fused-ring (bicyclic) bond motifs is 1. The van der Waals surface area contributed by atoms with Gasteiger partial charge in [0.05, 0.1) is 43.1 Å². The number of anilines is 2. The standard InChI is InChI=1S/C23H26FN5O3/c1-15(27-18-4-2-3-17(24)13-18)19-11-16(23(31)25-5-8-30)12-20-22(19)28-21(14-26-20)29-6-9-32-10-7-29/h2-4,11-15,27,30H,5-10H2,1H3,(H,25,31). The first-order valence-corrected chi connectivity index (χ1v) is 10.6. The monoisotopic (exact) mass is 439 g/mol. The molecular weight excluding hydrogens is 413 g/mol. The van der Waals surface area contributed by atoms with Gasteiger partial charge in [0, 0.05) is 36.4 Å². The maximum absolute atomic E-state index is 13.7. The van der Waals surface area contributed by atoms with Crippen molar-refractivity contribution in [2.24, 2.45) is 0 Å². The smallest absolute Gasteiger partial charge is 0.251 e. The molecule has 0 radical (unpaired) electrons. The fraction of sp³-hybridized carbons (Fsp3) is 0.348. The molecule has 1 saturated heterocycles. The second kappa shape index (κ2) is 9.88. The number of carbonyl (C=O) groups excluding carboxylic acids is 1. The molecule has 168 valence electrons. The van der Waals surface area contributed by atoms with E-state index in [0.717, 1.165) is 24.5 Å². The topological polar surface area (TPSA) is 99.6 Å². The van der Waals surface area contributed by atoms with Crippen LogP contribution in [0.2, 0.25) is 0 Å². The molecule has 1 amide bonds. The van der Waals surface area contributed by atoms with Crippen molar-refractivity contribution in [1.82, 2.24) is 15.3 Å². The Morgan fingerprint density at radius 1 is 1.28 bits per heavy atom. The van der Waals surface area contributed by atoms with Crippen LogP contribution in [0.15, 0.2) is 42.6 Å². The number of hydrogen-bond acceptors (Lipinski definition) is 7. The van der Waals surface area contributed by atoms with E-state index in [1.165, 1.54) is 12.1 Å². The van der Waals surface area contributed by atoms with E-state index in [1.54, 1.807) is 30.5 Å². The number of nitrogens with one attached hydrogen (secondary N) is 2. The molecule has 3 aromatic rings. The molecule has 1 unspecified atom stereocenters. The molecule has 0 saturated carbocycles. The molecule has 1 aromatic heterocycles. The Hall–Kier alpha value is -3.30. The van der Waals surface area contributed by atoms with Gasteiger partial charge >= 0.3 is 0 Å². The number of carbonyl (C=O) groups is 1. The van der Waals surface area contributed by atoms with Gasteiger partial charge in [0.1, 0.15) is 11.6 Å². The molecule has 8 nitrogen and oxygen atoms in total. The summed E-state index contributed by atoms with van der Waals surface area (Å²) < 4.78 is 19.1. The molecule has 0 bridgehead atoms. The lowest BCUT2D eigenvalue weighted by molar-refractivity contribution is 0.0944. The number of aliphatic hydroxyl groups excluding tert-OH is 1. The first kappa shape index (κ1) is 21.9. The zero-order valence-electron chi connectivity index (χ0n) is 17.8. The van der Waals surface area contributed by atoms with Crippen molar-refractivity contribution in [2.45, 2.75) is 13.0 Å². The van der Waals surface area contributed by atoms with Gasteiger partial charge in [0.15, 0.2) is 0 Å². The van der Waals surface area contributed by atoms with E-state index >= 15 is 0 Å². The number of aliphatic hydroxyl groups is 1. The van der Waals surface area contributed by atoms with E-state index in [9.17, 15) is 9.18 Å². The molecule has 4 rings (SSSR count). The lowest BCUT2D eigenvalue weighted by atomic mass is 10.0. The number of ether oxygens (including phenoxy) is 1. The summed E-state index contributed by atoms with van der Waals surface area (Å²) in [7, 11) is 0. The fourth-order valence-corrected chi connectivity index (χ4v) is 3.72. The van der Waals surface area contributed by atoms with Gasteiger partial charge in [-0.1, -0.05) is 6.07 Å². The van der Waals surface area contributed by atoms with Crippen LogP contribution in [0.5, 0.6) is 0 Å². The molecule has 32 heavy (non-hydrogen) atoms. The third-order valence-corrected chi connectivity index (χ3v) is 5.33. The van der Waals surface area contributed by atoms with Gasteiger partial charge < -0.3 is 25.4 Å². The van der Waals surface area contributed by atoms with Crippen LogP contribution in [0, 0.1) is 5.82 Å². The Bertz CT molecular complexity index is 1100. The molecule has 0 aliphatic carbocycles. The number of hydrogen-bond donors (Lipinski definition) is 3. The normalized spacial score (nSPS) is 14.9. The minimum absolute atomic E-state index is 0.146. The molecule has 1 aliphatic heterocycles. The van der Waals surface area contributed by atoms with E-state index in [2.05, 4.69) is 20.5 Å². The predicted molar refractivity (Wildman–Crippen MR) is 120 cm³/mol. The molecule has 9 heteroatoms. The first-order valence-electron chi connectivity index (χ1n) is 10.6. The maximum Gasteiger partial charge on any atom is 0.251 e. The summed E-state index contributed by atoms with van der Waals surface area (Å²) in [6, 6.07) is 9.40. The number of halogens is 1. The predicted octanol–water partition coefficient (Wildman–Crippen LogP) is 2.50. The average Bonchev–Trinajstić information content (AvgIpc) is 2.82. The molecular formula is C23H26FN5O3. The van der Waals surface area contributed by atoms with Crippen molar-refractivity contribution in [1.29, 1.82) is 0 Å². The van der Waals surface area contributed by atoms with Crippen molar-refractivity contribution in [3.8, 4) is 0 Å². The number of nitrogens with zero attached hydrogens (tertiary/aromatic N) is 3. The summed E-state index contributed by atoms with van der Waals surface area (Å²) in [4.78, 5) is 24.1. The Kier molecular flexibility index (Phi) is 6.77. The zero-order valence-corrected chi connectivity index (χ0v) is 17.8. The highest BCUT2D eigenvalue weighted by Crippen LogP contribution is 2.28. The fourth-order valence-electron chi connectivity index (χ4n) is 3.72. The summed E-state index contributed by atoms with van der Waals surface area (Å²) in [5.74, 6) is 0.107. The van der Waals surface area contributed by atoms with Gasteiger partial charge in [-0.15, -0.1) is 0 Å². The molecule has 1 atom stereocenters. The molecule has 2 heterocycles. The van der Waals surface area contributed by atoms with Crippen molar-refractivity contribution < 1.29 is 19.0 Å². The second-order valence-electron chi connectivity index (χ2n) is 7.62. The van der Waals surface area contributed by atoms with Crippen LogP contribution in [0.4, 0.5) is 15.9 Å². The third-order valence-electron chi connectivity index (χ3n) is 5.33. The van der Waals surface area contributed by atoms with Crippen LogP contribution in [-0.4, -0.2) is 60.4 Å². The number of aromatic nitrogens is 2. The largest absolute Gasteiger partial charge is 0.395 e. The Morgan fingerprint density at radius 2 is 2.09 bits per heavy atom. The van der Waals surface area contributed by atoms with Crippen LogP contribution in [0.3, 0.4) is 0 Å². The molecule has 1 fully saturated rings. The summed E-state index contributed by atoms with van der Waals surface area (Å²) in [6.45, 7) is 4.67. The molecule has 3 N–H and O–H groups in total. The van der Waals surface area contributed by atoms with Gasteiger partial charge in [0.25, 0.3) is 5.91 Å². The van der Waals surface area contributed by atoms with Gasteiger partial charge in [0.2, 0.25) is 0 Å². The summed E-state index contributed by atoms with van der Waals surface area (Å²) in [6.07, 6.45) is 1.71. The van der Waals surface area contributed by atoms with Crippen molar-refractivity contribution in [3.63, 3.8) is 0 Å². The second-order valence-corrected chi connectivity index (χ2v) is 7.62. The molecule has 1 aliphatic rings. The van der Waals surface area contributed by atoms with Crippen molar-refractivity contribution >= 4 is 28.4 Å². The Balaban J connectivity index is 1.74. The Morgan fingerprint density at radius 3 is 2.84 bits per heavy atom. The highest BCUT2D eigenvalue weighted by molar-refractivity contribution is 5.98. The number of morpholine rings is 1. The molecule has 2 aromatic carbocycles. The number of benzene rings is 2. The van der Waals surface area contributed by atoms with Crippen LogP contribution < -0.4 is 15.5 Å². The highest BCUT2D eigenvalue weighted by Gasteiger charge is 2.19. The maximum atomic E-state index is 13.7. The van der Waals surface area contributed by atoms with Crippen LogP contribution in [0.25, 0.3) is 11.0 Å². The van der Waals surface area contributed by atoms with Gasteiger partial charge in [-0.3, -0.25) is 9.78 Å². The minimum atomic E-state index is -0.335. The van der Waals surface area contributed by atoms with Gasteiger partial charge in [-0.05, 0) is 37.3 Å². The molecule has 0 spiro atoms. The highest BCUT2D eigenvalue weighted by atomic mass is 19.1. The third kappa shape index (κ3) is 4.95. The summed E-state index contributed by atoms with van der Waals surface area (Å²) in [5, 5.41) is 15.0. The number of amides is 1. The SMILES string of the molecule is CC(Nc1cccc(F)c1)c1cc(C(=O)NCCO)cc2ncc(N3CCOCC3)nc12. The van der Waals surface area contributed by atoms with E-state index < -0.39 is 0 Å². The minimum Gasteiger partial charge on any atom is -0.395 e. The van der Waals surface area contributed by atoms with E-state index in [0.29, 0.717) is 35.5 Å². The number of rotatable bonds is 7. The van der Waals surface area contributed by atoms with E-state index in [1.807, 2.05) is 6.92 Å². The average molecular weight is 439 g/mol. The van der Waals surface area contributed by atoms with Crippen LogP contribution in [-0.2, 0) is 4.74 Å². The Labute approximate surface area is 185 Å². The lowest BCUT2D eigenvalue weighted by Crippen LogP contribution is -2.36. The van der Waals surface area contributed by atoms with Crippen molar-refractivity contribution in [3.05, 3.63) is 59.5 Å². The summed E-state index contributed by atoms with van der Waals surface area (Å²) in [5.41, 5.74) is 3.06.